The molecule has 0 saturated carbocycles. The van der Waals surface area contributed by atoms with Gasteiger partial charge in [0.2, 0.25) is 0 Å². The number of amides is 1. The molecule has 0 radical (unpaired) electrons. The lowest BCUT2D eigenvalue weighted by atomic mass is 9.93. The van der Waals surface area contributed by atoms with Gasteiger partial charge in [-0.3, -0.25) is 4.79 Å². The Kier molecular flexibility index (Phi) is 4.48. The van der Waals surface area contributed by atoms with Gasteiger partial charge < -0.3 is 14.4 Å². The van der Waals surface area contributed by atoms with E-state index in [1.165, 1.54) is 28.6 Å². The molecule has 0 bridgehead atoms. The number of para-hydroxylation sites is 1. The molecule has 1 aromatic heterocycles. The molecule has 0 unspecified atom stereocenters. The number of carbonyl (C=O) groups excluding carboxylic acids is 1. The highest BCUT2D eigenvalue weighted by Gasteiger charge is 2.38. The van der Waals surface area contributed by atoms with E-state index in [2.05, 4.69) is 55.0 Å². The summed E-state index contributed by atoms with van der Waals surface area (Å²) >= 11 is 0. The van der Waals surface area contributed by atoms with Gasteiger partial charge in [-0.2, -0.15) is 0 Å². The number of halogens is 1. The SMILES string of the molecule is CN(C)[C@@H]1CN(C(=O)c2cccc(F)c2)C[C@H]1c1cn(C)c2ccccc12. The minimum atomic E-state index is -0.380. The summed E-state index contributed by atoms with van der Waals surface area (Å²) in [6.45, 7) is 1.27. The van der Waals surface area contributed by atoms with Gasteiger partial charge in [-0.15, -0.1) is 0 Å². The van der Waals surface area contributed by atoms with E-state index >= 15 is 0 Å². The van der Waals surface area contributed by atoms with Gasteiger partial charge in [0.25, 0.3) is 5.91 Å². The Balaban J connectivity index is 1.69. The van der Waals surface area contributed by atoms with E-state index in [1.54, 1.807) is 12.1 Å². The predicted octanol–water partition coefficient (Wildman–Crippen LogP) is 3.49. The number of fused-ring (bicyclic) bond motifs is 1. The Labute approximate surface area is 158 Å². The molecule has 4 nitrogen and oxygen atoms in total. The Morgan fingerprint density at radius 2 is 1.89 bits per heavy atom. The molecular weight excluding hydrogens is 341 g/mol. The monoisotopic (exact) mass is 365 g/mol. The number of rotatable bonds is 3. The normalized spacial score (nSPS) is 20.0. The minimum Gasteiger partial charge on any atom is -0.350 e. The number of aromatic nitrogens is 1. The van der Waals surface area contributed by atoms with Crippen molar-refractivity contribution in [2.45, 2.75) is 12.0 Å². The molecule has 0 aliphatic carbocycles. The van der Waals surface area contributed by atoms with Gasteiger partial charge in [-0.25, -0.2) is 4.39 Å². The highest BCUT2D eigenvalue weighted by atomic mass is 19.1. The molecule has 5 heteroatoms. The van der Waals surface area contributed by atoms with Gasteiger partial charge >= 0.3 is 0 Å². The maximum Gasteiger partial charge on any atom is 0.254 e. The maximum atomic E-state index is 13.6. The van der Waals surface area contributed by atoms with E-state index in [9.17, 15) is 9.18 Å². The number of carbonyl (C=O) groups is 1. The van der Waals surface area contributed by atoms with E-state index in [4.69, 9.17) is 0 Å². The van der Waals surface area contributed by atoms with Crippen LogP contribution in [0.15, 0.2) is 54.7 Å². The van der Waals surface area contributed by atoms with E-state index in [1.807, 2.05) is 11.0 Å². The van der Waals surface area contributed by atoms with Gasteiger partial charge in [0.15, 0.2) is 0 Å². The second-order valence-corrected chi connectivity index (χ2v) is 7.57. The van der Waals surface area contributed by atoms with Crippen LogP contribution in [-0.4, -0.2) is 53.5 Å². The van der Waals surface area contributed by atoms with Crippen LogP contribution in [0.5, 0.6) is 0 Å². The molecule has 2 aromatic carbocycles. The van der Waals surface area contributed by atoms with Crippen molar-refractivity contribution in [2.24, 2.45) is 7.05 Å². The van der Waals surface area contributed by atoms with Gasteiger partial charge in [-0.1, -0.05) is 24.3 Å². The third kappa shape index (κ3) is 3.12. The molecular formula is C22H24FN3O. The summed E-state index contributed by atoms with van der Waals surface area (Å²) < 4.78 is 15.7. The van der Waals surface area contributed by atoms with Crippen LogP contribution in [0.4, 0.5) is 4.39 Å². The van der Waals surface area contributed by atoms with Gasteiger partial charge in [-0.05, 0) is 43.9 Å². The van der Waals surface area contributed by atoms with E-state index in [0.717, 1.165) is 0 Å². The Morgan fingerprint density at radius 3 is 2.63 bits per heavy atom. The molecule has 1 aliphatic rings. The summed E-state index contributed by atoms with van der Waals surface area (Å²) in [5.74, 6) is -0.275. The van der Waals surface area contributed by atoms with Crippen molar-refractivity contribution in [3.8, 4) is 0 Å². The molecule has 27 heavy (non-hydrogen) atoms. The summed E-state index contributed by atoms with van der Waals surface area (Å²) in [5, 5.41) is 1.23. The summed E-state index contributed by atoms with van der Waals surface area (Å²) in [6, 6.07) is 14.5. The van der Waals surface area contributed by atoms with E-state index in [0.29, 0.717) is 18.7 Å². The number of benzene rings is 2. The summed E-state index contributed by atoms with van der Waals surface area (Å²) in [7, 11) is 6.17. The van der Waals surface area contributed by atoms with Crippen molar-refractivity contribution >= 4 is 16.8 Å². The van der Waals surface area contributed by atoms with Crippen LogP contribution in [0, 0.1) is 5.82 Å². The first kappa shape index (κ1) is 17.7. The van der Waals surface area contributed by atoms with Crippen molar-refractivity contribution in [1.29, 1.82) is 0 Å². The van der Waals surface area contributed by atoms with Crippen molar-refractivity contribution in [2.75, 3.05) is 27.2 Å². The van der Waals surface area contributed by atoms with Crippen molar-refractivity contribution in [1.82, 2.24) is 14.4 Å². The molecule has 1 amide bonds. The second-order valence-electron chi connectivity index (χ2n) is 7.57. The molecule has 4 rings (SSSR count). The summed E-state index contributed by atoms with van der Waals surface area (Å²) in [6.07, 6.45) is 2.18. The largest absolute Gasteiger partial charge is 0.350 e. The second kappa shape index (κ2) is 6.82. The van der Waals surface area contributed by atoms with E-state index < -0.39 is 0 Å². The number of aryl methyl sites for hydroxylation is 1. The topological polar surface area (TPSA) is 28.5 Å². The van der Waals surface area contributed by atoms with Crippen LogP contribution < -0.4 is 0 Å². The quantitative estimate of drug-likeness (QED) is 0.711. The fourth-order valence-corrected chi connectivity index (χ4v) is 4.25. The zero-order chi connectivity index (χ0) is 19.1. The van der Waals surface area contributed by atoms with Gasteiger partial charge in [0.1, 0.15) is 5.82 Å². The standard InChI is InChI=1S/C22H24FN3O/c1-24(2)21-14-26(22(27)15-7-6-8-16(23)11-15)13-19(21)18-12-25(3)20-10-5-4-9-17(18)20/h4-12,19,21H,13-14H2,1-3H3/t19-,21+/m0/s1. The highest BCUT2D eigenvalue weighted by Crippen LogP contribution is 2.36. The van der Waals surface area contributed by atoms with Crippen LogP contribution in [-0.2, 0) is 7.05 Å². The minimum absolute atomic E-state index is 0.107. The van der Waals surface area contributed by atoms with Crippen molar-refractivity contribution < 1.29 is 9.18 Å². The molecule has 2 heterocycles. The molecule has 2 atom stereocenters. The molecule has 1 fully saturated rings. The highest BCUT2D eigenvalue weighted by molar-refractivity contribution is 5.94. The number of nitrogens with zero attached hydrogens (tertiary/aromatic N) is 3. The summed E-state index contributed by atoms with van der Waals surface area (Å²) in [4.78, 5) is 17.0. The molecule has 140 valence electrons. The lowest BCUT2D eigenvalue weighted by Gasteiger charge is -2.24. The first-order valence-corrected chi connectivity index (χ1v) is 9.21. The third-order valence-electron chi connectivity index (χ3n) is 5.64. The lowest BCUT2D eigenvalue weighted by molar-refractivity contribution is 0.0782. The fourth-order valence-electron chi connectivity index (χ4n) is 4.25. The average molecular weight is 365 g/mol. The molecule has 0 N–H and O–H groups in total. The Bertz CT molecular complexity index is 994. The number of likely N-dealkylation sites (tertiary alicyclic amines) is 1. The Hall–Kier alpha value is -2.66. The number of likely N-dealkylation sites (N-methyl/N-ethyl adjacent to an activating group) is 1. The Morgan fingerprint density at radius 1 is 1.11 bits per heavy atom. The first-order chi connectivity index (χ1) is 13.0. The molecule has 1 aliphatic heterocycles. The lowest BCUT2D eigenvalue weighted by Crippen LogP contribution is -2.35. The zero-order valence-corrected chi connectivity index (χ0v) is 15.9. The summed E-state index contributed by atoms with van der Waals surface area (Å²) in [5.41, 5.74) is 2.87. The average Bonchev–Trinajstić information content (AvgIpc) is 3.23. The fraction of sp³-hybridized carbons (Fsp3) is 0.318. The van der Waals surface area contributed by atoms with Crippen LogP contribution in [0.2, 0.25) is 0 Å². The van der Waals surface area contributed by atoms with Crippen LogP contribution >= 0.6 is 0 Å². The van der Waals surface area contributed by atoms with Gasteiger partial charge in [0.05, 0.1) is 0 Å². The van der Waals surface area contributed by atoms with Crippen LogP contribution in [0.3, 0.4) is 0 Å². The predicted molar refractivity (Wildman–Crippen MR) is 105 cm³/mol. The van der Waals surface area contributed by atoms with Crippen molar-refractivity contribution in [3.05, 3.63) is 71.7 Å². The van der Waals surface area contributed by atoms with Crippen LogP contribution in [0.1, 0.15) is 21.8 Å². The molecule has 1 saturated heterocycles. The third-order valence-corrected chi connectivity index (χ3v) is 5.64. The van der Waals surface area contributed by atoms with E-state index in [-0.39, 0.29) is 23.7 Å². The number of hydrogen-bond donors (Lipinski definition) is 0. The first-order valence-electron chi connectivity index (χ1n) is 9.21. The number of hydrogen-bond acceptors (Lipinski definition) is 2. The maximum absolute atomic E-state index is 13.6. The zero-order valence-electron chi connectivity index (χ0n) is 15.9. The smallest absolute Gasteiger partial charge is 0.254 e. The van der Waals surface area contributed by atoms with Gasteiger partial charge in [0, 0.05) is 54.8 Å². The van der Waals surface area contributed by atoms with Crippen LogP contribution in [0.25, 0.3) is 10.9 Å². The van der Waals surface area contributed by atoms with Crippen molar-refractivity contribution in [3.63, 3.8) is 0 Å². The molecule has 3 aromatic rings. The molecule has 0 spiro atoms.